The van der Waals surface area contributed by atoms with E-state index in [9.17, 15) is 0 Å². The molecule has 1 atom stereocenters. The average Bonchev–Trinajstić information content (AvgIpc) is 2.25. The summed E-state index contributed by atoms with van der Waals surface area (Å²) in [6.07, 6.45) is 0.0251. The quantitative estimate of drug-likeness (QED) is 0.828. The van der Waals surface area contributed by atoms with Crippen molar-refractivity contribution in [3.05, 3.63) is 35.9 Å². The summed E-state index contributed by atoms with van der Waals surface area (Å²) in [5.74, 6) is 0. The number of nitrogens with two attached hydrogens (primary N) is 1. The summed E-state index contributed by atoms with van der Waals surface area (Å²) in [7, 11) is -1.75. The average molecular weight is 251 g/mol. The summed E-state index contributed by atoms with van der Waals surface area (Å²) in [5, 5.41) is 0.217. The van der Waals surface area contributed by atoms with Gasteiger partial charge in [0.2, 0.25) is 0 Å². The van der Waals surface area contributed by atoms with Crippen LogP contribution in [0.1, 0.15) is 32.4 Å². The van der Waals surface area contributed by atoms with Crippen LogP contribution in [0.25, 0.3) is 0 Å². The number of rotatable bonds is 4. The SMILES string of the molecule is CC(C)(C)[Si](C)(C)O[C@@H](CN)c1ccccc1. The first kappa shape index (κ1) is 14.4. The van der Waals surface area contributed by atoms with Crippen LogP contribution in [0.3, 0.4) is 0 Å². The van der Waals surface area contributed by atoms with Gasteiger partial charge in [0.1, 0.15) is 0 Å². The minimum atomic E-state index is -1.75. The Morgan fingerprint density at radius 3 is 2.12 bits per heavy atom. The van der Waals surface area contributed by atoms with E-state index in [2.05, 4.69) is 46.0 Å². The first-order valence-electron chi connectivity index (χ1n) is 6.21. The first-order chi connectivity index (χ1) is 7.78. The smallest absolute Gasteiger partial charge is 0.192 e. The van der Waals surface area contributed by atoms with Gasteiger partial charge in [0, 0.05) is 6.54 Å². The molecular formula is C14H25NOSi. The molecule has 0 aromatic heterocycles. The minimum Gasteiger partial charge on any atom is -0.409 e. The summed E-state index contributed by atoms with van der Waals surface area (Å²) < 4.78 is 6.35. The van der Waals surface area contributed by atoms with Crippen molar-refractivity contribution >= 4 is 8.32 Å². The molecule has 96 valence electrons. The lowest BCUT2D eigenvalue weighted by molar-refractivity contribution is 0.191. The second-order valence-corrected chi connectivity index (χ2v) is 10.8. The van der Waals surface area contributed by atoms with Gasteiger partial charge in [0.25, 0.3) is 0 Å². The predicted molar refractivity (Wildman–Crippen MR) is 76.5 cm³/mol. The molecule has 0 amide bonds. The Labute approximate surface area is 106 Å². The number of hydrogen-bond donors (Lipinski definition) is 1. The first-order valence-corrected chi connectivity index (χ1v) is 9.11. The zero-order valence-corrected chi connectivity index (χ0v) is 12.7. The van der Waals surface area contributed by atoms with E-state index in [1.54, 1.807) is 0 Å². The van der Waals surface area contributed by atoms with Gasteiger partial charge < -0.3 is 10.2 Å². The largest absolute Gasteiger partial charge is 0.409 e. The van der Waals surface area contributed by atoms with Crippen molar-refractivity contribution in [1.29, 1.82) is 0 Å². The standard InChI is InChI=1S/C14H25NOSi/c1-14(2,3)17(4,5)16-13(11-15)12-9-7-6-8-10-12/h6-10,13H,11,15H2,1-5H3/t13-/m0/s1. The Kier molecular flexibility index (Phi) is 4.53. The van der Waals surface area contributed by atoms with Crippen LogP contribution in [0.4, 0.5) is 0 Å². The van der Waals surface area contributed by atoms with Crippen molar-refractivity contribution in [3.63, 3.8) is 0 Å². The third-order valence-corrected chi connectivity index (χ3v) is 8.11. The maximum Gasteiger partial charge on any atom is 0.192 e. The van der Waals surface area contributed by atoms with Gasteiger partial charge in [-0.05, 0) is 23.7 Å². The highest BCUT2D eigenvalue weighted by Crippen LogP contribution is 2.39. The second kappa shape index (κ2) is 5.34. The van der Waals surface area contributed by atoms with Crippen molar-refractivity contribution < 1.29 is 4.43 Å². The molecule has 0 fully saturated rings. The van der Waals surface area contributed by atoms with Crippen LogP contribution in [0.5, 0.6) is 0 Å². The fraction of sp³-hybridized carbons (Fsp3) is 0.571. The van der Waals surface area contributed by atoms with Crippen LogP contribution in [0.15, 0.2) is 30.3 Å². The Morgan fingerprint density at radius 1 is 1.18 bits per heavy atom. The third-order valence-electron chi connectivity index (χ3n) is 3.63. The summed E-state index contributed by atoms with van der Waals surface area (Å²) in [6, 6.07) is 10.3. The number of benzene rings is 1. The highest BCUT2D eigenvalue weighted by molar-refractivity contribution is 6.74. The van der Waals surface area contributed by atoms with E-state index in [1.807, 2.05) is 18.2 Å². The van der Waals surface area contributed by atoms with E-state index < -0.39 is 8.32 Å². The lowest BCUT2D eigenvalue weighted by Gasteiger charge is -2.39. The predicted octanol–water partition coefficient (Wildman–Crippen LogP) is 3.71. The van der Waals surface area contributed by atoms with E-state index in [0.29, 0.717) is 6.54 Å². The molecule has 0 radical (unpaired) electrons. The Hall–Kier alpha value is -0.643. The highest BCUT2D eigenvalue weighted by Gasteiger charge is 2.39. The van der Waals surface area contributed by atoms with E-state index >= 15 is 0 Å². The van der Waals surface area contributed by atoms with Crippen molar-refractivity contribution in [2.75, 3.05) is 6.54 Å². The van der Waals surface area contributed by atoms with Crippen LogP contribution in [-0.4, -0.2) is 14.9 Å². The fourth-order valence-corrected chi connectivity index (χ4v) is 2.75. The van der Waals surface area contributed by atoms with Gasteiger partial charge in [-0.3, -0.25) is 0 Å². The van der Waals surface area contributed by atoms with Gasteiger partial charge in [-0.1, -0.05) is 51.1 Å². The molecule has 2 nitrogen and oxygen atoms in total. The molecule has 0 heterocycles. The third kappa shape index (κ3) is 3.66. The van der Waals surface area contributed by atoms with Gasteiger partial charge in [-0.2, -0.15) is 0 Å². The van der Waals surface area contributed by atoms with E-state index in [0.717, 1.165) is 0 Å². The Balaban J connectivity index is 2.85. The molecule has 17 heavy (non-hydrogen) atoms. The topological polar surface area (TPSA) is 35.2 Å². The van der Waals surface area contributed by atoms with E-state index in [-0.39, 0.29) is 11.1 Å². The summed E-state index contributed by atoms with van der Waals surface area (Å²) in [4.78, 5) is 0. The molecule has 0 spiro atoms. The fourth-order valence-electron chi connectivity index (χ4n) is 1.45. The monoisotopic (exact) mass is 251 g/mol. The van der Waals surface area contributed by atoms with Crippen molar-refractivity contribution in [1.82, 2.24) is 0 Å². The van der Waals surface area contributed by atoms with Crippen LogP contribution in [0.2, 0.25) is 18.1 Å². The second-order valence-electron chi connectivity index (χ2n) is 6.01. The van der Waals surface area contributed by atoms with Gasteiger partial charge in [0.15, 0.2) is 8.32 Å². The van der Waals surface area contributed by atoms with Gasteiger partial charge in [-0.15, -0.1) is 0 Å². The summed E-state index contributed by atoms with van der Waals surface area (Å²) in [5.41, 5.74) is 7.03. The van der Waals surface area contributed by atoms with Crippen LogP contribution >= 0.6 is 0 Å². The van der Waals surface area contributed by atoms with Crippen LogP contribution in [-0.2, 0) is 4.43 Å². The van der Waals surface area contributed by atoms with E-state index in [1.165, 1.54) is 5.56 Å². The molecule has 0 aliphatic rings. The van der Waals surface area contributed by atoms with Crippen molar-refractivity contribution in [3.8, 4) is 0 Å². The maximum atomic E-state index is 6.35. The highest BCUT2D eigenvalue weighted by atomic mass is 28.4. The van der Waals surface area contributed by atoms with E-state index in [4.69, 9.17) is 10.2 Å². The molecule has 1 aromatic rings. The molecule has 0 saturated carbocycles. The van der Waals surface area contributed by atoms with Crippen molar-refractivity contribution in [2.45, 2.75) is 45.0 Å². The number of hydrogen-bond acceptors (Lipinski definition) is 2. The van der Waals surface area contributed by atoms with Gasteiger partial charge in [0.05, 0.1) is 6.10 Å². The Bertz CT molecular complexity index is 343. The lowest BCUT2D eigenvalue weighted by Crippen LogP contribution is -2.43. The zero-order valence-electron chi connectivity index (χ0n) is 11.7. The molecule has 2 N–H and O–H groups in total. The van der Waals surface area contributed by atoms with Crippen LogP contribution < -0.4 is 5.73 Å². The molecule has 1 rings (SSSR count). The van der Waals surface area contributed by atoms with Crippen LogP contribution in [0, 0.1) is 0 Å². The van der Waals surface area contributed by atoms with Gasteiger partial charge in [-0.25, -0.2) is 0 Å². The molecule has 0 bridgehead atoms. The zero-order chi connectivity index (χ0) is 13.1. The maximum absolute atomic E-state index is 6.35. The lowest BCUT2D eigenvalue weighted by atomic mass is 10.1. The van der Waals surface area contributed by atoms with Crippen molar-refractivity contribution in [2.24, 2.45) is 5.73 Å². The molecule has 0 unspecified atom stereocenters. The molecular weight excluding hydrogens is 226 g/mol. The molecule has 0 saturated heterocycles. The van der Waals surface area contributed by atoms with Gasteiger partial charge >= 0.3 is 0 Å². The summed E-state index contributed by atoms with van der Waals surface area (Å²) in [6.45, 7) is 11.8. The minimum absolute atomic E-state index is 0.0251. The normalized spacial score (nSPS) is 14.7. The summed E-state index contributed by atoms with van der Waals surface area (Å²) >= 11 is 0. The molecule has 0 aliphatic heterocycles. The molecule has 3 heteroatoms. The molecule has 0 aliphatic carbocycles. The Morgan fingerprint density at radius 2 is 1.71 bits per heavy atom. The molecule has 1 aromatic carbocycles.